The largest absolute Gasteiger partial charge is 0.468 e. The third-order valence-electron chi connectivity index (χ3n) is 6.94. The fourth-order valence-corrected chi connectivity index (χ4v) is 5.23. The van der Waals surface area contributed by atoms with Gasteiger partial charge in [0.25, 0.3) is 0 Å². The molecule has 28 heavy (non-hydrogen) atoms. The minimum Gasteiger partial charge on any atom is -0.468 e. The maximum Gasteiger partial charge on any atom is 0.320 e. The van der Waals surface area contributed by atoms with E-state index in [1.165, 1.54) is 37.5 Å². The highest BCUT2D eigenvalue weighted by Gasteiger charge is 2.47. The van der Waals surface area contributed by atoms with E-state index in [1.807, 2.05) is 0 Å². The first kappa shape index (κ1) is 19.2. The minimum absolute atomic E-state index is 0.150. The Hall–Kier alpha value is -2.13. The van der Waals surface area contributed by atoms with E-state index in [0.717, 1.165) is 36.6 Å². The van der Waals surface area contributed by atoms with Gasteiger partial charge in [0.15, 0.2) is 0 Å². The van der Waals surface area contributed by atoms with Gasteiger partial charge in [-0.3, -0.25) is 4.79 Å². The van der Waals surface area contributed by atoms with E-state index in [-0.39, 0.29) is 5.97 Å². The van der Waals surface area contributed by atoms with Crippen LogP contribution in [-0.4, -0.2) is 37.1 Å². The van der Waals surface area contributed by atoms with Crippen LogP contribution in [0.3, 0.4) is 0 Å². The van der Waals surface area contributed by atoms with Crippen LogP contribution in [0.1, 0.15) is 47.9 Å². The topological polar surface area (TPSA) is 29.5 Å². The highest BCUT2D eigenvalue weighted by molar-refractivity contribution is 5.87. The number of hydrogen-bond donors (Lipinski definition) is 0. The molecule has 0 spiro atoms. The zero-order valence-electron chi connectivity index (χ0n) is 17.3. The Kier molecular flexibility index (Phi) is 5.29. The number of carbonyl (C=O) groups is 1. The van der Waals surface area contributed by atoms with Crippen LogP contribution < -0.4 is 0 Å². The van der Waals surface area contributed by atoms with Crippen molar-refractivity contribution in [3.63, 3.8) is 0 Å². The minimum atomic E-state index is -0.766. The third kappa shape index (κ3) is 3.37. The van der Waals surface area contributed by atoms with Gasteiger partial charge < -0.3 is 9.64 Å². The molecule has 0 saturated carbocycles. The van der Waals surface area contributed by atoms with E-state index in [2.05, 4.69) is 67.3 Å². The average molecular weight is 378 g/mol. The molecule has 0 aliphatic carbocycles. The molecular formula is C25H31NO2. The number of methoxy groups -OCH3 is 1. The molecule has 0 N–H and O–H groups in total. The molecule has 3 nitrogen and oxygen atoms in total. The molecule has 0 radical (unpaired) electrons. The average Bonchev–Trinajstić information content (AvgIpc) is 2.73. The molecule has 3 heteroatoms. The zero-order valence-corrected chi connectivity index (χ0v) is 17.3. The maximum atomic E-state index is 13.4. The van der Waals surface area contributed by atoms with Crippen LogP contribution in [0.15, 0.2) is 48.5 Å². The quantitative estimate of drug-likeness (QED) is 0.711. The highest BCUT2D eigenvalue weighted by Crippen LogP contribution is 2.43. The Labute approximate surface area is 168 Å². The monoisotopic (exact) mass is 377 g/mol. The van der Waals surface area contributed by atoms with E-state index >= 15 is 0 Å². The Bertz CT molecular complexity index is 771. The summed E-state index contributed by atoms with van der Waals surface area (Å²) < 4.78 is 5.45. The van der Waals surface area contributed by atoms with Gasteiger partial charge in [-0.25, -0.2) is 0 Å². The van der Waals surface area contributed by atoms with Crippen molar-refractivity contribution in [1.82, 2.24) is 4.90 Å². The first-order valence-corrected chi connectivity index (χ1v) is 10.5. The Morgan fingerprint density at radius 1 is 0.964 bits per heavy atom. The van der Waals surface area contributed by atoms with Crippen LogP contribution in [0.5, 0.6) is 0 Å². The van der Waals surface area contributed by atoms with Crippen LogP contribution in [0, 0.1) is 19.8 Å². The number of carbonyl (C=O) groups excluding carboxylic acids is 1. The molecule has 148 valence electrons. The molecule has 2 aromatic rings. The van der Waals surface area contributed by atoms with E-state index in [9.17, 15) is 4.79 Å². The summed E-state index contributed by atoms with van der Waals surface area (Å²) in [6.45, 7) is 6.49. The zero-order chi connectivity index (χ0) is 19.7. The van der Waals surface area contributed by atoms with Gasteiger partial charge in [0, 0.05) is 6.04 Å². The summed E-state index contributed by atoms with van der Waals surface area (Å²) in [5, 5.41) is 0. The molecule has 2 aromatic carbocycles. The molecule has 3 aliphatic rings. The molecule has 5 rings (SSSR count). The van der Waals surface area contributed by atoms with E-state index in [1.54, 1.807) is 0 Å². The van der Waals surface area contributed by atoms with Gasteiger partial charge in [0.05, 0.1) is 7.11 Å². The fraction of sp³-hybridized carbons (Fsp3) is 0.480. The van der Waals surface area contributed by atoms with Crippen molar-refractivity contribution >= 4 is 5.97 Å². The first-order chi connectivity index (χ1) is 13.5. The van der Waals surface area contributed by atoms with Gasteiger partial charge in [-0.15, -0.1) is 0 Å². The normalized spacial score (nSPS) is 24.2. The van der Waals surface area contributed by atoms with Crippen LogP contribution in [0.4, 0.5) is 0 Å². The van der Waals surface area contributed by atoms with Crippen LogP contribution in [0.2, 0.25) is 0 Å². The second-order valence-electron chi connectivity index (χ2n) is 8.70. The number of fused-ring (bicyclic) bond motifs is 3. The molecule has 0 amide bonds. The lowest BCUT2D eigenvalue weighted by Gasteiger charge is -2.48. The van der Waals surface area contributed by atoms with Crippen molar-refractivity contribution < 1.29 is 9.53 Å². The predicted molar refractivity (Wildman–Crippen MR) is 112 cm³/mol. The fourth-order valence-electron chi connectivity index (χ4n) is 5.23. The van der Waals surface area contributed by atoms with Gasteiger partial charge in [-0.1, -0.05) is 59.7 Å². The van der Waals surface area contributed by atoms with Crippen LogP contribution in [0.25, 0.3) is 0 Å². The van der Waals surface area contributed by atoms with Gasteiger partial charge >= 0.3 is 5.97 Å². The van der Waals surface area contributed by atoms with Crippen molar-refractivity contribution in [2.24, 2.45) is 5.92 Å². The lowest BCUT2D eigenvalue weighted by Crippen LogP contribution is -2.53. The third-order valence-corrected chi connectivity index (χ3v) is 6.94. The van der Waals surface area contributed by atoms with Gasteiger partial charge in [-0.05, 0) is 69.7 Å². The Balaban J connectivity index is 1.83. The van der Waals surface area contributed by atoms with Crippen LogP contribution in [-0.2, 0) is 14.9 Å². The summed E-state index contributed by atoms with van der Waals surface area (Å²) in [6.07, 6.45) is 4.58. The van der Waals surface area contributed by atoms with Crippen molar-refractivity contribution in [2.75, 3.05) is 20.2 Å². The van der Waals surface area contributed by atoms with Crippen LogP contribution >= 0.6 is 0 Å². The van der Waals surface area contributed by atoms with Crippen molar-refractivity contribution in [2.45, 2.75) is 51.0 Å². The smallest absolute Gasteiger partial charge is 0.320 e. The lowest BCUT2D eigenvalue weighted by atomic mass is 9.67. The summed E-state index contributed by atoms with van der Waals surface area (Å²) in [4.78, 5) is 16.0. The molecular weight excluding hydrogens is 346 g/mol. The summed E-state index contributed by atoms with van der Waals surface area (Å²) >= 11 is 0. The summed E-state index contributed by atoms with van der Waals surface area (Å²) in [5.41, 5.74) is 3.71. The number of rotatable bonds is 5. The maximum absolute atomic E-state index is 13.4. The summed E-state index contributed by atoms with van der Waals surface area (Å²) in [5.74, 6) is 0.657. The van der Waals surface area contributed by atoms with E-state index < -0.39 is 5.41 Å². The molecule has 1 atom stereocenters. The standard InChI is InChI=1S/C25H31NO2/c1-18-4-8-21(9-5-18)25(24(27)28-3,22-10-6-19(2)7-11-22)17-23-16-20-12-14-26(23)15-13-20/h4-11,20,23H,12-17H2,1-3H3. The number of benzene rings is 2. The number of ether oxygens (including phenoxy) is 1. The van der Waals surface area contributed by atoms with E-state index in [0.29, 0.717) is 6.04 Å². The van der Waals surface area contributed by atoms with Crippen molar-refractivity contribution in [3.05, 3.63) is 70.8 Å². The predicted octanol–water partition coefficient (Wildman–Crippen LogP) is 4.64. The first-order valence-electron chi connectivity index (χ1n) is 10.5. The number of esters is 1. The van der Waals surface area contributed by atoms with Gasteiger partial charge in [0.1, 0.15) is 5.41 Å². The molecule has 3 aliphatic heterocycles. The van der Waals surface area contributed by atoms with Crippen molar-refractivity contribution in [3.8, 4) is 0 Å². The molecule has 3 fully saturated rings. The Morgan fingerprint density at radius 3 is 1.86 bits per heavy atom. The van der Waals surface area contributed by atoms with Gasteiger partial charge in [0.2, 0.25) is 0 Å². The van der Waals surface area contributed by atoms with E-state index in [4.69, 9.17) is 4.74 Å². The molecule has 3 heterocycles. The lowest BCUT2D eigenvalue weighted by molar-refractivity contribution is -0.147. The second kappa shape index (κ2) is 7.71. The molecule has 1 unspecified atom stereocenters. The highest BCUT2D eigenvalue weighted by atomic mass is 16.5. The second-order valence-corrected chi connectivity index (χ2v) is 8.70. The number of hydrogen-bond acceptors (Lipinski definition) is 3. The SMILES string of the molecule is COC(=O)C(CC1CC2CCN1CC2)(c1ccc(C)cc1)c1ccc(C)cc1. The summed E-state index contributed by atoms with van der Waals surface area (Å²) in [7, 11) is 1.52. The molecule has 2 bridgehead atoms. The molecule has 3 saturated heterocycles. The Morgan fingerprint density at radius 2 is 1.46 bits per heavy atom. The molecule has 0 aromatic heterocycles. The summed E-state index contributed by atoms with van der Waals surface area (Å²) in [6, 6.07) is 17.3. The van der Waals surface area contributed by atoms with Gasteiger partial charge in [-0.2, -0.15) is 0 Å². The number of piperidine rings is 3. The van der Waals surface area contributed by atoms with Crippen molar-refractivity contribution in [1.29, 1.82) is 0 Å². The number of nitrogens with zero attached hydrogens (tertiary/aromatic N) is 1. The number of aryl methyl sites for hydroxylation is 2.